The van der Waals surface area contributed by atoms with Crippen LogP contribution >= 0.6 is 0 Å². The van der Waals surface area contributed by atoms with Crippen LogP contribution in [0.4, 0.5) is 0 Å². The zero-order chi connectivity index (χ0) is 24.2. The van der Waals surface area contributed by atoms with Crippen LogP contribution < -0.4 is 10.3 Å². The standard InChI is InChI=1S/C24H29N3O5S/c1-5-27(6-2)33(30,31)18-12-13-21-19(14-18)20(15-23(28)25-21)24(29)26(4)16-17-10-8-9-11-22(17)32-7-3/h8-15H,5-7,16H2,1-4H3,(H,25,28). The fourth-order valence-electron chi connectivity index (χ4n) is 3.75. The first kappa shape index (κ1) is 24.5. The number of H-pyrrole nitrogens is 1. The molecule has 0 aliphatic heterocycles. The minimum absolute atomic E-state index is 0.0733. The van der Waals surface area contributed by atoms with Crippen molar-refractivity contribution in [2.24, 2.45) is 0 Å². The molecule has 176 valence electrons. The monoisotopic (exact) mass is 471 g/mol. The SMILES string of the molecule is CCOc1ccccc1CN(C)C(=O)c1cc(=O)[nH]c2ccc(S(=O)(=O)N(CC)CC)cc12. The van der Waals surface area contributed by atoms with Gasteiger partial charge in [-0.25, -0.2) is 8.42 Å². The highest BCUT2D eigenvalue weighted by Gasteiger charge is 2.24. The lowest BCUT2D eigenvalue weighted by molar-refractivity contribution is 0.0785. The Morgan fingerprint density at radius 2 is 1.73 bits per heavy atom. The van der Waals surface area contributed by atoms with Crippen LogP contribution in [0, 0.1) is 0 Å². The Labute approximate surface area is 193 Å². The molecule has 0 unspecified atom stereocenters. The smallest absolute Gasteiger partial charge is 0.254 e. The van der Waals surface area contributed by atoms with E-state index >= 15 is 0 Å². The number of amides is 1. The predicted molar refractivity (Wildman–Crippen MR) is 128 cm³/mol. The van der Waals surface area contributed by atoms with Gasteiger partial charge in [-0.05, 0) is 31.2 Å². The number of nitrogens with one attached hydrogen (secondary N) is 1. The number of carbonyl (C=O) groups excluding carboxylic acids is 1. The van der Waals surface area contributed by atoms with E-state index in [0.29, 0.717) is 36.3 Å². The lowest BCUT2D eigenvalue weighted by Crippen LogP contribution is -2.31. The van der Waals surface area contributed by atoms with Crippen molar-refractivity contribution in [3.05, 3.63) is 70.0 Å². The van der Waals surface area contributed by atoms with Gasteiger partial charge in [-0.2, -0.15) is 4.31 Å². The van der Waals surface area contributed by atoms with Gasteiger partial charge in [-0.3, -0.25) is 9.59 Å². The summed E-state index contributed by atoms with van der Waals surface area (Å²) in [6, 6.07) is 13.1. The van der Waals surface area contributed by atoms with Gasteiger partial charge >= 0.3 is 0 Å². The minimum atomic E-state index is -3.73. The van der Waals surface area contributed by atoms with Crippen molar-refractivity contribution in [3.63, 3.8) is 0 Å². The van der Waals surface area contributed by atoms with Crippen molar-refractivity contribution in [2.75, 3.05) is 26.7 Å². The lowest BCUT2D eigenvalue weighted by atomic mass is 10.1. The molecule has 0 atom stereocenters. The zero-order valence-corrected chi connectivity index (χ0v) is 20.1. The summed E-state index contributed by atoms with van der Waals surface area (Å²) in [5.74, 6) is 0.290. The number of para-hydroxylation sites is 1. The van der Waals surface area contributed by atoms with Gasteiger partial charge in [0, 0.05) is 49.2 Å². The molecular formula is C24H29N3O5S. The number of fused-ring (bicyclic) bond motifs is 1. The number of nitrogens with zero attached hydrogens (tertiary/aromatic N) is 2. The second-order valence-electron chi connectivity index (χ2n) is 7.55. The van der Waals surface area contributed by atoms with E-state index in [1.54, 1.807) is 20.9 Å². The van der Waals surface area contributed by atoms with Crippen molar-refractivity contribution in [1.29, 1.82) is 0 Å². The summed E-state index contributed by atoms with van der Waals surface area (Å²) in [5.41, 5.74) is 0.927. The molecule has 3 rings (SSSR count). The largest absolute Gasteiger partial charge is 0.494 e. The van der Waals surface area contributed by atoms with Crippen molar-refractivity contribution in [1.82, 2.24) is 14.2 Å². The van der Waals surface area contributed by atoms with E-state index in [-0.39, 0.29) is 17.0 Å². The van der Waals surface area contributed by atoms with Crippen molar-refractivity contribution in [3.8, 4) is 5.75 Å². The van der Waals surface area contributed by atoms with Crippen molar-refractivity contribution < 1.29 is 17.9 Å². The van der Waals surface area contributed by atoms with Gasteiger partial charge in [0.1, 0.15) is 5.75 Å². The van der Waals surface area contributed by atoms with Crippen LogP contribution in [0.15, 0.2) is 58.2 Å². The molecule has 0 saturated carbocycles. The van der Waals surface area contributed by atoms with Crippen LogP contribution in [0.3, 0.4) is 0 Å². The molecule has 0 fully saturated rings. The maximum Gasteiger partial charge on any atom is 0.254 e. The molecule has 33 heavy (non-hydrogen) atoms. The molecule has 0 aliphatic rings. The molecule has 0 bridgehead atoms. The molecule has 0 saturated heterocycles. The molecule has 9 heteroatoms. The van der Waals surface area contributed by atoms with Crippen LogP contribution in [0.2, 0.25) is 0 Å². The summed E-state index contributed by atoms with van der Waals surface area (Å²) in [5, 5.41) is 0.373. The van der Waals surface area contributed by atoms with E-state index < -0.39 is 21.5 Å². The first-order chi connectivity index (χ1) is 15.7. The number of ether oxygens (including phenoxy) is 1. The number of rotatable bonds is 9. The third-order valence-electron chi connectivity index (χ3n) is 5.41. The van der Waals surface area contributed by atoms with Gasteiger partial charge in [0.05, 0.1) is 17.1 Å². The van der Waals surface area contributed by atoms with E-state index in [0.717, 1.165) is 5.56 Å². The average Bonchev–Trinajstić information content (AvgIpc) is 2.79. The summed E-state index contributed by atoms with van der Waals surface area (Å²) in [6.07, 6.45) is 0. The number of hydrogen-bond acceptors (Lipinski definition) is 5. The highest BCUT2D eigenvalue weighted by molar-refractivity contribution is 7.89. The normalized spacial score (nSPS) is 11.7. The number of aromatic nitrogens is 1. The lowest BCUT2D eigenvalue weighted by Gasteiger charge is -2.21. The highest BCUT2D eigenvalue weighted by atomic mass is 32.2. The number of pyridine rings is 1. The fraction of sp³-hybridized carbons (Fsp3) is 0.333. The van der Waals surface area contributed by atoms with Crippen molar-refractivity contribution in [2.45, 2.75) is 32.2 Å². The Kier molecular flexibility index (Phi) is 7.55. The number of benzene rings is 2. The quantitative estimate of drug-likeness (QED) is 0.517. The molecule has 1 N–H and O–H groups in total. The highest BCUT2D eigenvalue weighted by Crippen LogP contribution is 2.25. The molecule has 8 nitrogen and oxygen atoms in total. The maximum atomic E-state index is 13.4. The van der Waals surface area contributed by atoms with Gasteiger partial charge in [0.2, 0.25) is 15.6 Å². The van der Waals surface area contributed by atoms with Crippen LogP contribution in [-0.4, -0.2) is 55.3 Å². The van der Waals surface area contributed by atoms with Crippen LogP contribution in [-0.2, 0) is 16.6 Å². The molecule has 1 heterocycles. The summed E-state index contributed by atoms with van der Waals surface area (Å²) >= 11 is 0. The average molecular weight is 472 g/mol. The van der Waals surface area contributed by atoms with Gasteiger partial charge in [0.25, 0.3) is 5.91 Å². The summed E-state index contributed by atoms with van der Waals surface area (Å²) in [7, 11) is -2.09. The molecule has 0 spiro atoms. The first-order valence-electron chi connectivity index (χ1n) is 10.9. The van der Waals surface area contributed by atoms with E-state index in [9.17, 15) is 18.0 Å². The van der Waals surface area contributed by atoms with E-state index in [1.807, 2.05) is 31.2 Å². The van der Waals surface area contributed by atoms with Gasteiger partial charge in [-0.15, -0.1) is 0 Å². The molecule has 0 aliphatic carbocycles. The second kappa shape index (κ2) is 10.2. The second-order valence-corrected chi connectivity index (χ2v) is 9.48. The number of carbonyl (C=O) groups is 1. The van der Waals surface area contributed by atoms with E-state index in [4.69, 9.17) is 4.74 Å². The zero-order valence-electron chi connectivity index (χ0n) is 19.3. The Bertz CT molecular complexity index is 1310. The van der Waals surface area contributed by atoms with Crippen LogP contribution in [0.25, 0.3) is 10.9 Å². The van der Waals surface area contributed by atoms with E-state index in [1.165, 1.54) is 33.5 Å². The number of hydrogen-bond donors (Lipinski definition) is 1. The Hall–Kier alpha value is -3.17. The Morgan fingerprint density at radius 1 is 1.03 bits per heavy atom. The summed E-state index contributed by atoms with van der Waals surface area (Å²) in [6.45, 7) is 6.84. The number of aromatic amines is 1. The van der Waals surface area contributed by atoms with Crippen LogP contribution in [0.5, 0.6) is 5.75 Å². The van der Waals surface area contributed by atoms with Gasteiger partial charge in [-0.1, -0.05) is 32.0 Å². The Balaban J connectivity index is 2.05. The molecule has 0 radical (unpaired) electrons. The van der Waals surface area contributed by atoms with Gasteiger partial charge < -0.3 is 14.6 Å². The third kappa shape index (κ3) is 5.09. The fourth-order valence-corrected chi connectivity index (χ4v) is 5.23. The number of sulfonamides is 1. The summed E-state index contributed by atoms with van der Waals surface area (Å²) in [4.78, 5) is 29.8. The molecule has 1 amide bonds. The Morgan fingerprint density at radius 3 is 2.39 bits per heavy atom. The maximum absolute atomic E-state index is 13.4. The summed E-state index contributed by atoms with van der Waals surface area (Å²) < 4.78 is 33.0. The molecule has 2 aromatic carbocycles. The molecule has 3 aromatic rings. The topological polar surface area (TPSA) is 99.8 Å². The van der Waals surface area contributed by atoms with Crippen molar-refractivity contribution >= 4 is 26.8 Å². The third-order valence-corrected chi connectivity index (χ3v) is 7.46. The molecular weight excluding hydrogens is 442 g/mol. The van der Waals surface area contributed by atoms with Crippen LogP contribution in [0.1, 0.15) is 36.7 Å². The van der Waals surface area contributed by atoms with E-state index in [2.05, 4.69) is 4.98 Å². The first-order valence-corrected chi connectivity index (χ1v) is 12.3. The van der Waals surface area contributed by atoms with Gasteiger partial charge in [0.15, 0.2) is 0 Å². The minimum Gasteiger partial charge on any atom is -0.494 e. The molecule has 1 aromatic heterocycles. The predicted octanol–water partition coefficient (Wildman–Crippen LogP) is 3.23.